The van der Waals surface area contributed by atoms with Gasteiger partial charge in [-0.2, -0.15) is 0 Å². The van der Waals surface area contributed by atoms with Crippen molar-refractivity contribution in [1.29, 1.82) is 0 Å². The second-order valence-corrected chi connectivity index (χ2v) is 7.95. The van der Waals surface area contributed by atoms with Crippen LogP contribution in [-0.4, -0.2) is 29.3 Å². The van der Waals surface area contributed by atoms with Crippen molar-refractivity contribution >= 4 is 5.91 Å². The summed E-state index contributed by atoms with van der Waals surface area (Å²) in [4.78, 5) is 12.8. The molecular formula is C26H23N3O4. The SMILES string of the molecule is Cc1ccc(-c2nnc(-c3ccc(C(=O)NC(C)c4ccc5c(c4)OCCO5)cc3)o2)cc1. The zero-order valence-corrected chi connectivity index (χ0v) is 18.4. The molecule has 5 rings (SSSR count). The lowest BCUT2D eigenvalue weighted by Gasteiger charge is -2.21. The average molecular weight is 441 g/mol. The number of carbonyl (C=O) groups excluding carboxylic acids is 1. The van der Waals surface area contributed by atoms with E-state index in [0.29, 0.717) is 36.3 Å². The minimum Gasteiger partial charge on any atom is -0.486 e. The third-order valence-electron chi connectivity index (χ3n) is 5.53. The van der Waals surface area contributed by atoms with Crippen molar-refractivity contribution in [2.75, 3.05) is 13.2 Å². The molecule has 0 spiro atoms. The monoisotopic (exact) mass is 441 g/mol. The van der Waals surface area contributed by atoms with Crippen LogP contribution in [0.1, 0.15) is 34.5 Å². The Balaban J connectivity index is 1.26. The van der Waals surface area contributed by atoms with E-state index >= 15 is 0 Å². The highest BCUT2D eigenvalue weighted by Crippen LogP contribution is 2.32. The van der Waals surface area contributed by atoms with E-state index < -0.39 is 0 Å². The number of rotatable bonds is 5. The molecule has 1 amide bonds. The Morgan fingerprint density at radius 2 is 1.45 bits per heavy atom. The highest BCUT2D eigenvalue weighted by atomic mass is 16.6. The first-order chi connectivity index (χ1) is 16.1. The van der Waals surface area contributed by atoms with E-state index in [9.17, 15) is 4.79 Å². The van der Waals surface area contributed by atoms with Crippen LogP contribution in [0.2, 0.25) is 0 Å². The number of aromatic nitrogens is 2. The molecule has 33 heavy (non-hydrogen) atoms. The predicted molar refractivity (Wildman–Crippen MR) is 123 cm³/mol. The maximum absolute atomic E-state index is 12.8. The standard InChI is InChI=1S/C26H23N3O4/c1-16-3-5-19(6-4-16)25-28-29-26(33-25)20-9-7-18(8-10-20)24(30)27-17(2)21-11-12-22-23(15-21)32-14-13-31-22/h3-12,15,17H,13-14H2,1-2H3,(H,27,30). The van der Waals surface area contributed by atoms with Gasteiger partial charge in [0.1, 0.15) is 13.2 Å². The van der Waals surface area contributed by atoms with Crippen molar-refractivity contribution in [3.05, 3.63) is 83.4 Å². The summed E-state index contributed by atoms with van der Waals surface area (Å²) in [5.74, 6) is 2.12. The van der Waals surface area contributed by atoms with E-state index in [1.165, 1.54) is 0 Å². The van der Waals surface area contributed by atoms with Gasteiger partial charge in [-0.1, -0.05) is 23.8 Å². The van der Waals surface area contributed by atoms with Crippen molar-refractivity contribution in [2.45, 2.75) is 19.9 Å². The lowest BCUT2D eigenvalue weighted by Crippen LogP contribution is -2.26. The fraction of sp³-hybridized carbons (Fsp3) is 0.192. The van der Waals surface area contributed by atoms with Gasteiger partial charge < -0.3 is 19.2 Å². The number of amides is 1. The first kappa shape index (κ1) is 20.8. The molecule has 1 unspecified atom stereocenters. The molecule has 0 aliphatic carbocycles. The van der Waals surface area contributed by atoms with Crippen LogP contribution in [0.5, 0.6) is 11.5 Å². The van der Waals surface area contributed by atoms with Gasteiger partial charge >= 0.3 is 0 Å². The molecule has 7 nitrogen and oxygen atoms in total. The van der Waals surface area contributed by atoms with Crippen LogP contribution in [0.3, 0.4) is 0 Å². The summed E-state index contributed by atoms with van der Waals surface area (Å²) in [6, 6.07) is 20.5. The summed E-state index contributed by atoms with van der Waals surface area (Å²) in [5, 5.41) is 11.3. The van der Waals surface area contributed by atoms with Crippen LogP contribution in [0.4, 0.5) is 0 Å². The summed E-state index contributed by atoms with van der Waals surface area (Å²) in [6.07, 6.45) is 0. The number of ether oxygens (including phenoxy) is 2. The second kappa shape index (κ2) is 8.78. The van der Waals surface area contributed by atoms with Crippen molar-refractivity contribution in [2.24, 2.45) is 0 Å². The van der Waals surface area contributed by atoms with Crippen molar-refractivity contribution in [1.82, 2.24) is 15.5 Å². The Kier molecular flexibility index (Phi) is 5.52. The molecule has 166 valence electrons. The quantitative estimate of drug-likeness (QED) is 0.470. The average Bonchev–Trinajstić information content (AvgIpc) is 3.34. The number of hydrogen-bond donors (Lipinski definition) is 1. The Morgan fingerprint density at radius 3 is 2.12 bits per heavy atom. The number of carbonyl (C=O) groups is 1. The molecule has 1 N–H and O–H groups in total. The Hall–Kier alpha value is -4.13. The van der Waals surface area contributed by atoms with E-state index in [0.717, 1.165) is 28.0 Å². The largest absolute Gasteiger partial charge is 0.486 e. The summed E-state index contributed by atoms with van der Waals surface area (Å²) in [5.41, 5.74) is 4.26. The fourth-order valence-corrected chi connectivity index (χ4v) is 3.61. The molecule has 0 radical (unpaired) electrons. The van der Waals surface area contributed by atoms with Crippen LogP contribution in [0.25, 0.3) is 22.9 Å². The van der Waals surface area contributed by atoms with E-state index in [1.54, 1.807) is 24.3 Å². The van der Waals surface area contributed by atoms with Gasteiger partial charge in [-0.15, -0.1) is 10.2 Å². The summed E-state index contributed by atoms with van der Waals surface area (Å²) in [6.45, 7) is 5.03. The summed E-state index contributed by atoms with van der Waals surface area (Å²) < 4.78 is 17.0. The van der Waals surface area contributed by atoms with Crippen LogP contribution in [-0.2, 0) is 0 Å². The third-order valence-corrected chi connectivity index (χ3v) is 5.53. The van der Waals surface area contributed by atoms with E-state index in [-0.39, 0.29) is 11.9 Å². The molecule has 1 aliphatic rings. The zero-order chi connectivity index (χ0) is 22.8. The predicted octanol–water partition coefficient (Wildman–Crippen LogP) is 4.97. The molecule has 1 aromatic heterocycles. The first-order valence-corrected chi connectivity index (χ1v) is 10.8. The zero-order valence-electron chi connectivity index (χ0n) is 18.4. The maximum Gasteiger partial charge on any atom is 0.251 e. The van der Waals surface area contributed by atoms with Gasteiger partial charge in [-0.05, 0) is 67.9 Å². The van der Waals surface area contributed by atoms with Crippen LogP contribution in [0, 0.1) is 6.92 Å². The van der Waals surface area contributed by atoms with Crippen LogP contribution in [0.15, 0.2) is 71.1 Å². The molecule has 0 saturated carbocycles. The first-order valence-electron chi connectivity index (χ1n) is 10.8. The molecular weight excluding hydrogens is 418 g/mol. The highest BCUT2D eigenvalue weighted by molar-refractivity contribution is 5.94. The van der Waals surface area contributed by atoms with Crippen molar-refractivity contribution in [3.8, 4) is 34.4 Å². The Bertz CT molecular complexity index is 1280. The van der Waals surface area contributed by atoms with E-state index in [2.05, 4.69) is 15.5 Å². The number of nitrogens with zero attached hydrogens (tertiary/aromatic N) is 2. The third kappa shape index (κ3) is 4.43. The molecule has 0 bridgehead atoms. The molecule has 4 aromatic rings. The van der Waals surface area contributed by atoms with E-state index in [1.807, 2.05) is 56.3 Å². The smallest absolute Gasteiger partial charge is 0.251 e. The molecule has 7 heteroatoms. The van der Waals surface area contributed by atoms with Gasteiger partial charge in [-0.3, -0.25) is 4.79 Å². The number of hydrogen-bond acceptors (Lipinski definition) is 6. The number of benzene rings is 3. The van der Waals surface area contributed by atoms with Gasteiger partial charge in [0.2, 0.25) is 11.8 Å². The van der Waals surface area contributed by atoms with Gasteiger partial charge in [0.25, 0.3) is 5.91 Å². The molecule has 2 heterocycles. The van der Waals surface area contributed by atoms with Gasteiger partial charge in [0.05, 0.1) is 6.04 Å². The molecule has 1 atom stereocenters. The van der Waals surface area contributed by atoms with Gasteiger partial charge in [0, 0.05) is 16.7 Å². The number of fused-ring (bicyclic) bond motifs is 1. The maximum atomic E-state index is 12.8. The highest BCUT2D eigenvalue weighted by Gasteiger charge is 2.17. The lowest BCUT2D eigenvalue weighted by atomic mass is 10.1. The Morgan fingerprint density at radius 1 is 0.848 bits per heavy atom. The van der Waals surface area contributed by atoms with Crippen LogP contribution < -0.4 is 14.8 Å². The minimum absolute atomic E-state index is 0.171. The van der Waals surface area contributed by atoms with E-state index in [4.69, 9.17) is 13.9 Å². The number of aryl methyl sites for hydroxylation is 1. The van der Waals surface area contributed by atoms with Crippen molar-refractivity contribution in [3.63, 3.8) is 0 Å². The molecule has 0 saturated heterocycles. The number of nitrogens with one attached hydrogen (secondary N) is 1. The minimum atomic E-state index is -0.194. The second-order valence-electron chi connectivity index (χ2n) is 7.95. The Labute approximate surface area is 191 Å². The summed E-state index contributed by atoms with van der Waals surface area (Å²) >= 11 is 0. The topological polar surface area (TPSA) is 86.5 Å². The lowest BCUT2D eigenvalue weighted by molar-refractivity contribution is 0.0939. The normalized spacial score (nSPS) is 13.4. The fourth-order valence-electron chi connectivity index (χ4n) is 3.61. The summed E-state index contributed by atoms with van der Waals surface area (Å²) in [7, 11) is 0. The molecule has 3 aromatic carbocycles. The molecule has 1 aliphatic heterocycles. The molecule has 0 fully saturated rings. The van der Waals surface area contributed by atoms with Gasteiger partial charge in [-0.25, -0.2) is 0 Å². The van der Waals surface area contributed by atoms with Crippen molar-refractivity contribution < 1.29 is 18.7 Å². The van der Waals surface area contributed by atoms with Crippen LogP contribution >= 0.6 is 0 Å². The van der Waals surface area contributed by atoms with Gasteiger partial charge in [0.15, 0.2) is 11.5 Å².